The summed E-state index contributed by atoms with van der Waals surface area (Å²) in [4.78, 5) is 4.37. The fourth-order valence-corrected chi connectivity index (χ4v) is 10.6. The largest absolute Gasteiger partial charge is 0.497 e. The van der Waals surface area contributed by atoms with E-state index < -0.39 is 6.10 Å². The number of benzene rings is 10. The van der Waals surface area contributed by atoms with Gasteiger partial charge in [-0.05, 0) is 197 Å². The number of aliphatic hydroxyl groups excluding tert-OH is 2. The van der Waals surface area contributed by atoms with Gasteiger partial charge in [-0.1, -0.05) is 113 Å². The van der Waals surface area contributed by atoms with Crippen molar-refractivity contribution in [3.8, 4) is 39.9 Å². The minimum Gasteiger partial charge on any atom is -0.497 e. The number of aliphatic hydroxyl groups is 2. The molecule has 0 amide bonds. The maximum absolute atomic E-state index is 10.5. The van der Waals surface area contributed by atoms with Gasteiger partial charge in [-0.3, -0.25) is 0 Å². The van der Waals surface area contributed by atoms with Crippen LogP contribution in [-0.4, -0.2) is 75.3 Å². The number of nitrogens with two attached hydrogens (primary N) is 2. The molecule has 0 saturated carbocycles. The van der Waals surface area contributed by atoms with E-state index in [9.17, 15) is 10.2 Å². The zero-order valence-electron chi connectivity index (χ0n) is 51.6. The number of nitrogen functional groups attached to an aromatic ring is 2. The first-order chi connectivity index (χ1) is 43.7. The van der Waals surface area contributed by atoms with E-state index in [-0.39, 0.29) is 42.9 Å². The number of methoxy groups -OCH3 is 1. The van der Waals surface area contributed by atoms with Crippen molar-refractivity contribution in [2.24, 2.45) is 0 Å². The molecule has 12 rings (SSSR count). The standard InChI is InChI=1S/C39H44O7.C38H34N4O2/c1-38(2,29-9-17-34(18-10-29)43-23-36-25-45-36)27-5-13-32(14-6-27)41-21-31(40)22-42-33-15-7-28(8-16-33)39(3,4)30-11-19-35(20-12-30)44-24-37-26-46-37;1-44-38-24-22-37(23-25-38)42(36-20-10-31(40)11-21-36)34-16-6-29(7-17-34)28-4-14-33(15-5-28)41(35-18-8-30(39)9-19-35)32-12-2-27(26-43)3-13-32/h5-20,31,36-37,40H,21-26H2,1-4H3;2-25,43H,26,39-40H2,1H3. The SMILES string of the molecule is CC(C)(c1ccc(OCC(O)COc2ccc(C(C)(C)c3ccc(OCC4CO4)cc3)cc2)cc1)c1ccc(OCC2CO2)cc1.COc1ccc(N(c2ccc(N)cc2)c2ccc(-c3ccc(N(c4ccc(N)cc4)c4ccc(CO)cc4)cc3)cc2)cc1. The van der Waals surface area contributed by atoms with Crippen molar-refractivity contribution < 1.29 is 43.4 Å². The predicted molar refractivity (Wildman–Crippen MR) is 360 cm³/mol. The first kappa shape index (κ1) is 61.9. The number of epoxide rings is 2. The van der Waals surface area contributed by atoms with Gasteiger partial charge in [0.05, 0.1) is 26.9 Å². The van der Waals surface area contributed by atoms with Crippen molar-refractivity contribution in [3.05, 3.63) is 270 Å². The normalized spacial score (nSPS) is 14.5. The molecule has 2 fully saturated rings. The molecule has 2 aliphatic heterocycles. The van der Waals surface area contributed by atoms with Crippen molar-refractivity contribution in [2.45, 2.75) is 63.4 Å². The average molecular weight is 1200 g/mol. The second-order valence-corrected chi connectivity index (χ2v) is 23.6. The molecule has 13 nitrogen and oxygen atoms in total. The molecular weight excluding hydrogens is 1120 g/mol. The molecule has 6 N–H and O–H groups in total. The summed E-state index contributed by atoms with van der Waals surface area (Å²) in [5, 5.41) is 20.1. The van der Waals surface area contributed by atoms with Crippen LogP contribution >= 0.6 is 0 Å². The van der Waals surface area contributed by atoms with Crippen molar-refractivity contribution >= 4 is 45.5 Å². The molecule has 0 aliphatic carbocycles. The molecule has 13 heteroatoms. The Hall–Kier alpha value is -9.76. The molecule has 10 aromatic rings. The van der Waals surface area contributed by atoms with Gasteiger partial charge in [0, 0.05) is 56.3 Å². The number of nitrogens with zero attached hydrogens (tertiary/aromatic N) is 2. The Morgan fingerprint density at radius 3 is 0.956 bits per heavy atom. The number of anilines is 8. The smallest absolute Gasteiger partial charge is 0.122 e. The summed E-state index contributed by atoms with van der Waals surface area (Å²) in [6.45, 7) is 11.8. The minimum atomic E-state index is -0.772. The van der Waals surface area contributed by atoms with Gasteiger partial charge in [0.15, 0.2) is 0 Å². The highest BCUT2D eigenvalue weighted by atomic mass is 16.6. The molecular formula is C77H78N4O9. The van der Waals surface area contributed by atoms with Crippen LogP contribution in [0.5, 0.6) is 28.7 Å². The van der Waals surface area contributed by atoms with E-state index >= 15 is 0 Å². The lowest BCUT2D eigenvalue weighted by atomic mass is 9.78. The molecule has 90 heavy (non-hydrogen) atoms. The molecule has 0 radical (unpaired) electrons. The highest BCUT2D eigenvalue weighted by molar-refractivity contribution is 5.81. The van der Waals surface area contributed by atoms with Gasteiger partial charge in [-0.15, -0.1) is 0 Å². The lowest BCUT2D eigenvalue weighted by Gasteiger charge is -2.26. The van der Waals surface area contributed by atoms with Gasteiger partial charge in [-0.2, -0.15) is 0 Å². The second-order valence-electron chi connectivity index (χ2n) is 23.6. The lowest BCUT2D eigenvalue weighted by molar-refractivity contribution is 0.0626. The summed E-state index contributed by atoms with van der Waals surface area (Å²) >= 11 is 0. The van der Waals surface area contributed by atoms with Crippen LogP contribution < -0.4 is 45.0 Å². The molecule has 2 saturated heterocycles. The monoisotopic (exact) mass is 1200 g/mol. The van der Waals surface area contributed by atoms with Gasteiger partial charge in [0.25, 0.3) is 0 Å². The van der Waals surface area contributed by atoms with E-state index in [0.717, 1.165) is 87.0 Å². The van der Waals surface area contributed by atoms with E-state index in [1.165, 1.54) is 22.3 Å². The number of rotatable bonds is 25. The number of hydrogen-bond donors (Lipinski definition) is 4. The summed E-state index contributed by atoms with van der Waals surface area (Å²) < 4.78 is 39.1. The molecule has 0 spiro atoms. The van der Waals surface area contributed by atoms with Crippen LogP contribution in [0.1, 0.15) is 55.5 Å². The lowest BCUT2D eigenvalue weighted by Crippen LogP contribution is -2.25. The Morgan fingerprint density at radius 1 is 0.400 bits per heavy atom. The fraction of sp³-hybridized carbons (Fsp3) is 0.221. The Bertz CT molecular complexity index is 3600. The van der Waals surface area contributed by atoms with Crippen LogP contribution in [0.25, 0.3) is 11.1 Å². The van der Waals surface area contributed by atoms with Crippen LogP contribution in [0.3, 0.4) is 0 Å². The first-order valence-electron chi connectivity index (χ1n) is 30.4. The molecule has 460 valence electrons. The van der Waals surface area contributed by atoms with Gasteiger partial charge in [0.2, 0.25) is 0 Å². The van der Waals surface area contributed by atoms with E-state index in [1.54, 1.807) is 7.11 Å². The van der Waals surface area contributed by atoms with Crippen molar-refractivity contribution in [1.29, 1.82) is 0 Å². The van der Waals surface area contributed by atoms with Crippen LogP contribution in [0.2, 0.25) is 0 Å². The zero-order valence-corrected chi connectivity index (χ0v) is 51.6. The summed E-state index contributed by atoms with van der Waals surface area (Å²) in [7, 11) is 1.67. The fourth-order valence-electron chi connectivity index (χ4n) is 10.6. The zero-order chi connectivity index (χ0) is 62.6. The predicted octanol–water partition coefficient (Wildman–Crippen LogP) is 15.7. The quantitative estimate of drug-likeness (QED) is 0.0315. The van der Waals surface area contributed by atoms with E-state index in [2.05, 4.69) is 135 Å². The third-order valence-electron chi connectivity index (χ3n) is 16.5. The van der Waals surface area contributed by atoms with E-state index in [4.69, 9.17) is 44.6 Å². The number of hydrogen-bond acceptors (Lipinski definition) is 13. The van der Waals surface area contributed by atoms with Gasteiger partial charge >= 0.3 is 0 Å². The van der Waals surface area contributed by atoms with Crippen molar-refractivity contribution in [3.63, 3.8) is 0 Å². The first-order valence-corrected chi connectivity index (χ1v) is 30.4. The molecule has 0 bridgehead atoms. The molecule has 2 aliphatic rings. The number of ether oxygens (including phenoxy) is 7. The maximum atomic E-state index is 10.5. The van der Waals surface area contributed by atoms with Crippen molar-refractivity contribution in [1.82, 2.24) is 0 Å². The van der Waals surface area contributed by atoms with E-state index in [0.29, 0.717) is 30.4 Å². The summed E-state index contributed by atoms with van der Waals surface area (Å²) in [6, 6.07) is 81.3. The Balaban J connectivity index is 0.000000185. The van der Waals surface area contributed by atoms with Crippen LogP contribution in [0.4, 0.5) is 45.5 Å². The second kappa shape index (κ2) is 28.2. The average Bonchev–Trinajstić information content (AvgIpc) is 1.74. The highest BCUT2D eigenvalue weighted by Gasteiger charge is 2.27. The third kappa shape index (κ3) is 15.7. The van der Waals surface area contributed by atoms with E-state index in [1.807, 2.05) is 146 Å². The van der Waals surface area contributed by atoms with Gasteiger partial charge < -0.3 is 64.6 Å². The molecule has 2 atom stereocenters. The van der Waals surface area contributed by atoms with Crippen LogP contribution in [0.15, 0.2) is 243 Å². The molecule has 0 aromatic heterocycles. The van der Waals surface area contributed by atoms with Gasteiger partial charge in [0.1, 0.15) is 73.5 Å². The van der Waals surface area contributed by atoms with Crippen LogP contribution in [-0.2, 0) is 26.9 Å². The molecule has 10 aromatic carbocycles. The third-order valence-corrected chi connectivity index (χ3v) is 16.5. The maximum Gasteiger partial charge on any atom is 0.122 e. The molecule has 2 heterocycles. The highest BCUT2D eigenvalue weighted by Crippen LogP contribution is 2.40. The summed E-state index contributed by atoms with van der Waals surface area (Å²) in [5.74, 6) is 3.92. The topological polar surface area (TPSA) is 170 Å². The van der Waals surface area contributed by atoms with Gasteiger partial charge in [-0.25, -0.2) is 0 Å². The van der Waals surface area contributed by atoms with Crippen molar-refractivity contribution in [2.75, 3.05) is 68.0 Å². The molecule has 2 unspecified atom stereocenters. The summed E-state index contributed by atoms with van der Waals surface area (Å²) in [6.07, 6.45) is -0.289. The minimum absolute atomic E-state index is 0.00741. The summed E-state index contributed by atoms with van der Waals surface area (Å²) in [5.41, 5.74) is 26.9. The Morgan fingerprint density at radius 2 is 0.667 bits per heavy atom. The Kier molecular flexibility index (Phi) is 19.4. The Labute approximate surface area is 528 Å². The van der Waals surface area contributed by atoms with Crippen LogP contribution in [0, 0.1) is 0 Å².